The first-order valence-electron chi connectivity index (χ1n) is 9.98. The second kappa shape index (κ2) is 9.52. The molecule has 0 unspecified atom stereocenters. The normalized spacial score (nSPS) is 15.2. The van der Waals surface area contributed by atoms with Gasteiger partial charge in [-0.1, -0.05) is 0 Å². The Bertz CT molecular complexity index is 1110. The lowest BCUT2D eigenvalue weighted by Crippen LogP contribution is -2.46. The third-order valence-electron chi connectivity index (χ3n) is 4.89. The number of carbonyl (C=O) groups is 2. The molecule has 1 aliphatic rings. The lowest BCUT2D eigenvalue weighted by Gasteiger charge is -2.31. The monoisotopic (exact) mass is 455 g/mol. The Balaban J connectivity index is 1.72. The van der Waals surface area contributed by atoms with Crippen LogP contribution in [-0.4, -0.2) is 62.3 Å². The number of hydrogen-bond donors (Lipinski definition) is 1. The summed E-state index contributed by atoms with van der Waals surface area (Å²) in [6.07, 6.45) is 0.493. The maximum Gasteiger partial charge on any atom is 0.420 e. The third-order valence-corrected chi connectivity index (χ3v) is 6.40. The summed E-state index contributed by atoms with van der Waals surface area (Å²) in [5, 5.41) is 0. The van der Waals surface area contributed by atoms with Crippen molar-refractivity contribution in [2.24, 2.45) is 0 Å². The van der Waals surface area contributed by atoms with Crippen molar-refractivity contribution < 1.29 is 31.9 Å². The van der Waals surface area contributed by atoms with Crippen LogP contribution in [0.3, 0.4) is 0 Å². The zero-order chi connectivity index (χ0) is 22.6. The number of aromatic nitrogens is 1. The van der Waals surface area contributed by atoms with E-state index in [1.165, 1.54) is 18.2 Å². The molecule has 0 atom stereocenters. The quantitative estimate of drug-likeness (QED) is 0.612. The van der Waals surface area contributed by atoms with E-state index < -0.39 is 27.8 Å². The number of sulfonamides is 1. The van der Waals surface area contributed by atoms with Crippen molar-refractivity contribution in [3.8, 4) is 0 Å². The number of nitrogens with one attached hydrogen (secondary N) is 1. The van der Waals surface area contributed by atoms with Crippen molar-refractivity contribution in [2.45, 2.75) is 44.2 Å². The van der Waals surface area contributed by atoms with Crippen LogP contribution in [-0.2, 0) is 30.8 Å². The van der Waals surface area contributed by atoms with Crippen molar-refractivity contribution in [1.29, 1.82) is 0 Å². The molecule has 0 bridgehead atoms. The van der Waals surface area contributed by atoms with Gasteiger partial charge in [0.15, 0.2) is 5.58 Å². The molecule has 0 radical (unpaired) electrons. The molecular formula is C19H25N3O8S. The maximum absolute atomic E-state index is 12.8. The van der Waals surface area contributed by atoms with Crippen molar-refractivity contribution in [3.05, 3.63) is 28.7 Å². The Morgan fingerprint density at radius 2 is 1.84 bits per heavy atom. The number of benzene rings is 1. The van der Waals surface area contributed by atoms with Crippen LogP contribution in [0, 0.1) is 0 Å². The highest BCUT2D eigenvalue weighted by molar-refractivity contribution is 7.89. The highest BCUT2D eigenvalue weighted by Crippen LogP contribution is 2.20. The van der Waals surface area contributed by atoms with E-state index in [1.54, 1.807) is 18.7 Å². The molecule has 0 aliphatic carbocycles. The van der Waals surface area contributed by atoms with Gasteiger partial charge in [0, 0.05) is 25.2 Å². The highest BCUT2D eigenvalue weighted by Gasteiger charge is 2.28. The number of carbonyl (C=O) groups excluding carboxylic acids is 2. The van der Waals surface area contributed by atoms with Gasteiger partial charge in [0.2, 0.25) is 10.0 Å². The number of fused-ring (bicyclic) bond motifs is 1. The summed E-state index contributed by atoms with van der Waals surface area (Å²) in [4.78, 5) is 37.0. The molecule has 12 heteroatoms. The Morgan fingerprint density at radius 1 is 1.16 bits per heavy atom. The predicted molar refractivity (Wildman–Crippen MR) is 109 cm³/mol. The second-order valence-electron chi connectivity index (χ2n) is 6.97. The standard InChI is InChI=1S/C19H25N3O8S/c1-3-28-17(23)12-22-15-6-5-14(11-16(15)30-19(22)25)31(26,27)20-13-7-9-21(10-8-13)18(24)29-4-2/h5-6,11,13,20H,3-4,7-10,12H2,1-2H3. The highest BCUT2D eigenvalue weighted by atomic mass is 32.2. The van der Waals surface area contributed by atoms with E-state index in [4.69, 9.17) is 13.9 Å². The number of likely N-dealkylation sites (tertiary alicyclic amines) is 1. The lowest BCUT2D eigenvalue weighted by molar-refractivity contribution is -0.143. The van der Waals surface area contributed by atoms with E-state index in [9.17, 15) is 22.8 Å². The molecule has 0 saturated carbocycles. The van der Waals surface area contributed by atoms with Gasteiger partial charge in [-0.25, -0.2) is 22.7 Å². The number of rotatable bonds is 7. The molecule has 3 rings (SSSR count). The van der Waals surface area contributed by atoms with Crippen LogP contribution in [0.2, 0.25) is 0 Å². The van der Waals surface area contributed by atoms with E-state index in [0.717, 1.165) is 4.57 Å². The molecule has 1 amide bonds. The Kier molecular flexibility index (Phi) is 7.01. The van der Waals surface area contributed by atoms with Crippen LogP contribution in [0.5, 0.6) is 0 Å². The molecular weight excluding hydrogens is 430 g/mol. The van der Waals surface area contributed by atoms with Gasteiger partial charge in [-0.05, 0) is 38.8 Å². The summed E-state index contributed by atoms with van der Waals surface area (Å²) in [5.41, 5.74) is 0.342. The van der Waals surface area contributed by atoms with E-state index in [-0.39, 0.29) is 36.3 Å². The van der Waals surface area contributed by atoms with Crippen molar-refractivity contribution >= 4 is 33.2 Å². The lowest BCUT2D eigenvalue weighted by atomic mass is 10.1. The number of piperidine rings is 1. The molecule has 2 aromatic rings. The first kappa shape index (κ1) is 22.8. The average molecular weight is 455 g/mol. The van der Waals surface area contributed by atoms with Crippen LogP contribution < -0.4 is 10.5 Å². The van der Waals surface area contributed by atoms with Gasteiger partial charge in [-0.3, -0.25) is 9.36 Å². The Morgan fingerprint density at radius 3 is 2.48 bits per heavy atom. The average Bonchev–Trinajstić information content (AvgIpc) is 3.03. The Hall–Kier alpha value is -2.86. The minimum Gasteiger partial charge on any atom is -0.465 e. The third kappa shape index (κ3) is 5.25. The van der Waals surface area contributed by atoms with Crippen LogP contribution in [0.1, 0.15) is 26.7 Å². The number of oxazole rings is 1. The number of amides is 1. The minimum absolute atomic E-state index is 0.0503. The molecule has 170 valence electrons. The van der Waals surface area contributed by atoms with Crippen LogP contribution in [0.25, 0.3) is 11.1 Å². The van der Waals surface area contributed by atoms with E-state index in [1.807, 2.05) is 0 Å². The zero-order valence-electron chi connectivity index (χ0n) is 17.3. The molecule has 1 saturated heterocycles. The fourth-order valence-corrected chi connectivity index (χ4v) is 4.70. The SMILES string of the molecule is CCOC(=O)Cn1c(=O)oc2cc(S(=O)(=O)NC3CCN(C(=O)OCC)CC3)ccc21. The number of hydrogen-bond acceptors (Lipinski definition) is 8. The van der Waals surface area contributed by atoms with Gasteiger partial charge >= 0.3 is 17.8 Å². The van der Waals surface area contributed by atoms with E-state index in [0.29, 0.717) is 31.4 Å². The van der Waals surface area contributed by atoms with Crippen LogP contribution in [0.15, 0.2) is 32.3 Å². The number of esters is 1. The summed E-state index contributed by atoms with van der Waals surface area (Å²) in [6.45, 7) is 4.28. The van der Waals surface area contributed by atoms with Gasteiger partial charge < -0.3 is 18.8 Å². The topological polar surface area (TPSA) is 137 Å². The summed E-state index contributed by atoms with van der Waals surface area (Å²) in [7, 11) is -3.88. The van der Waals surface area contributed by atoms with Crippen LogP contribution in [0.4, 0.5) is 4.79 Å². The molecule has 1 aliphatic heterocycles. The minimum atomic E-state index is -3.88. The largest absolute Gasteiger partial charge is 0.465 e. The van der Waals surface area contributed by atoms with Gasteiger partial charge in [0.25, 0.3) is 0 Å². The molecule has 1 aromatic carbocycles. The summed E-state index contributed by atoms with van der Waals surface area (Å²) in [5.74, 6) is -1.38. The van der Waals surface area contributed by atoms with Gasteiger partial charge in [-0.15, -0.1) is 0 Å². The summed E-state index contributed by atoms with van der Waals surface area (Å²) < 4.78 is 44.2. The van der Waals surface area contributed by atoms with Gasteiger partial charge in [0.1, 0.15) is 6.54 Å². The smallest absolute Gasteiger partial charge is 0.420 e. The molecule has 31 heavy (non-hydrogen) atoms. The molecule has 1 N–H and O–H groups in total. The predicted octanol–water partition coefficient (Wildman–Crippen LogP) is 1.06. The summed E-state index contributed by atoms with van der Waals surface area (Å²) in [6, 6.07) is 3.66. The zero-order valence-corrected chi connectivity index (χ0v) is 18.1. The molecule has 1 aromatic heterocycles. The van der Waals surface area contributed by atoms with Gasteiger partial charge in [0.05, 0.1) is 23.6 Å². The molecule has 0 spiro atoms. The Labute approximate surface area is 178 Å². The van der Waals surface area contributed by atoms with Crippen molar-refractivity contribution in [1.82, 2.24) is 14.2 Å². The molecule has 1 fully saturated rings. The van der Waals surface area contributed by atoms with E-state index >= 15 is 0 Å². The fourth-order valence-electron chi connectivity index (χ4n) is 3.38. The van der Waals surface area contributed by atoms with Crippen LogP contribution >= 0.6 is 0 Å². The summed E-state index contributed by atoms with van der Waals surface area (Å²) >= 11 is 0. The first-order valence-corrected chi connectivity index (χ1v) is 11.5. The van der Waals surface area contributed by atoms with Crippen molar-refractivity contribution in [3.63, 3.8) is 0 Å². The number of ether oxygens (including phenoxy) is 2. The molecule has 11 nitrogen and oxygen atoms in total. The number of nitrogens with zero attached hydrogens (tertiary/aromatic N) is 2. The van der Waals surface area contributed by atoms with E-state index in [2.05, 4.69) is 4.72 Å². The maximum atomic E-state index is 12.8. The fraction of sp³-hybridized carbons (Fsp3) is 0.526. The van der Waals surface area contributed by atoms with Crippen molar-refractivity contribution in [2.75, 3.05) is 26.3 Å². The van der Waals surface area contributed by atoms with Gasteiger partial charge in [-0.2, -0.15) is 0 Å². The first-order chi connectivity index (χ1) is 14.7. The second-order valence-corrected chi connectivity index (χ2v) is 8.68. The molecule has 2 heterocycles.